The van der Waals surface area contributed by atoms with Crippen molar-refractivity contribution in [1.29, 1.82) is 0 Å². The lowest BCUT2D eigenvalue weighted by molar-refractivity contribution is 0.0942. The van der Waals surface area contributed by atoms with Crippen molar-refractivity contribution in [3.05, 3.63) is 70.8 Å². The third-order valence-electron chi connectivity index (χ3n) is 3.07. The molecule has 1 heterocycles. The predicted octanol–water partition coefficient (Wildman–Crippen LogP) is 3.46. The van der Waals surface area contributed by atoms with Gasteiger partial charge in [0.1, 0.15) is 5.82 Å². The standard InChI is InChI=1S/C16H11ClFN3O2/c17-11-5-3-4-10(8-11)15-20-14(23-21-15)9-19-16(22)12-6-1-2-7-13(12)18/h1-8H,9H2,(H,19,22). The second-order valence-electron chi connectivity index (χ2n) is 4.68. The molecule has 3 rings (SSSR count). The van der Waals surface area contributed by atoms with Gasteiger partial charge in [-0.2, -0.15) is 4.98 Å². The topological polar surface area (TPSA) is 68.0 Å². The fourth-order valence-electron chi connectivity index (χ4n) is 1.97. The van der Waals surface area contributed by atoms with Gasteiger partial charge in [-0.05, 0) is 24.3 Å². The van der Waals surface area contributed by atoms with Gasteiger partial charge in [-0.15, -0.1) is 0 Å². The summed E-state index contributed by atoms with van der Waals surface area (Å²) in [5.74, 6) is -0.562. The fourth-order valence-corrected chi connectivity index (χ4v) is 2.16. The van der Waals surface area contributed by atoms with Crippen LogP contribution in [0, 0.1) is 5.82 Å². The monoisotopic (exact) mass is 331 g/mol. The maximum Gasteiger partial charge on any atom is 0.254 e. The molecule has 1 N–H and O–H groups in total. The van der Waals surface area contributed by atoms with Gasteiger partial charge >= 0.3 is 0 Å². The third kappa shape index (κ3) is 3.54. The van der Waals surface area contributed by atoms with Gasteiger partial charge < -0.3 is 9.84 Å². The summed E-state index contributed by atoms with van der Waals surface area (Å²) < 4.78 is 18.6. The lowest BCUT2D eigenvalue weighted by Gasteiger charge is -2.02. The Bertz CT molecular complexity index is 851. The zero-order valence-corrected chi connectivity index (χ0v) is 12.5. The van der Waals surface area contributed by atoms with Crippen LogP contribution in [0.25, 0.3) is 11.4 Å². The summed E-state index contributed by atoms with van der Waals surface area (Å²) in [6, 6.07) is 12.7. The molecule has 2 aromatic carbocycles. The third-order valence-corrected chi connectivity index (χ3v) is 3.30. The second kappa shape index (κ2) is 6.58. The van der Waals surface area contributed by atoms with Crippen molar-refractivity contribution in [1.82, 2.24) is 15.5 Å². The van der Waals surface area contributed by atoms with Crippen molar-refractivity contribution in [2.45, 2.75) is 6.54 Å². The quantitative estimate of drug-likeness (QED) is 0.795. The van der Waals surface area contributed by atoms with Gasteiger partial charge in [0.25, 0.3) is 5.91 Å². The highest BCUT2D eigenvalue weighted by atomic mass is 35.5. The first-order valence-corrected chi connectivity index (χ1v) is 7.12. The van der Waals surface area contributed by atoms with Crippen LogP contribution in [0.1, 0.15) is 16.2 Å². The molecule has 1 aromatic heterocycles. The van der Waals surface area contributed by atoms with E-state index in [0.29, 0.717) is 16.4 Å². The zero-order chi connectivity index (χ0) is 16.2. The highest BCUT2D eigenvalue weighted by molar-refractivity contribution is 6.30. The molecule has 116 valence electrons. The zero-order valence-electron chi connectivity index (χ0n) is 11.8. The molecule has 0 saturated carbocycles. The number of hydrogen-bond acceptors (Lipinski definition) is 4. The van der Waals surface area contributed by atoms with E-state index >= 15 is 0 Å². The molecule has 0 atom stereocenters. The first kappa shape index (κ1) is 15.2. The van der Waals surface area contributed by atoms with E-state index in [0.717, 1.165) is 0 Å². The van der Waals surface area contributed by atoms with Crippen LogP contribution in [0.15, 0.2) is 53.1 Å². The minimum atomic E-state index is -0.588. The molecule has 5 nitrogen and oxygen atoms in total. The Hall–Kier alpha value is -2.73. The molecular weight excluding hydrogens is 321 g/mol. The van der Waals surface area contributed by atoms with Crippen LogP contribution in [-0.2, 0) is 6.54 Å². The Morgan fingerprint density at radius 2 is 2.04 bits per heavy atom. The summed E-state index contributed by atoms with van der Waals surface area (Å²) in [6.45, 7) is 0.000728. The maximum absolute atomic E-state index is 13.5. The van der Waals surface area contributed by atoms with Crippen LogP contribution in [-0.4, -0.2) is 16.0 Å². The molecule has 3 aromatic rings. The first-order valence-electron chi connectivity index (χ1n) is 6.75. The number of rotatable bonds is 4. The average Bonchev–Trinajstić information content (AvgIpc) is 3.02. The molecule has 1 amide bonds. The number of nitrogens with zero attached hydrogens (tertiary/aromatic N) is 2. The number of carbonyl (C=O) groups is 1. The van der Waals surface area contributed by atoms with E-state index in [1.807, 2.05) is 0 Å². The maximum atomic E-state index is 13.5. The number of amides is 1. The van der Waals surface area contributed by atoms with E-state index in [4.69, 9.17) is 16.1 Å². The van der Waals surface area contributed by atoms with Crippen molar-refractivity contribution >= 4 is 17.5 Å². The van der Waals surface area contributed by atoms with E-state index in [-0.39, 0.29) is 18.0 Å². The number of hydrogen-bond donors (Lipinski definition) is 1. The van der Waals surface area contributed by atoms with Crippen LogP contribution in [0.5, 0.6) is 0 Å². The summed E-state index contributed by atoms with van der Waals surface area (Å²) in [7, 11) is 0. The van der Waals surface area contributed by atoms with Crippen LogP contribution in [0.3, 0.4) is 0 Å². The highest BCUT2D eigenvalue weighted by Crippen LogP contribution is 2.19. The molecule has 0 spiro atoms. The van der Waals surface area contributed by atoms with Gasteiger partial charge in [-0.25, -0.2) is 4.39 Å². The van der Waals surface area contributed by atoms with Gasteiger partial charge in [0.2, 0.25) is 11.7 Å². The van der Waals surface area contributed by atoms with Crippen LogP contribution >= 0.6 is 11.6 Å². The Morgan fingerprint density at radius 1 is 1.22 bits per heavy atom. The molecule has 0 aliphatic rings. The van der Waals surface area contributed by atoms with Crippen molar-refractivity contribution in [2.75, 3.05) is 0 Å². The molecule has 0 saturated heterocycles. The Balaban J connectivity index is 1.68. The van der Waals surface area contributed by atoms with Crippen LogP contribution in [0.2, 0.25) is 5.02 Å². The van der Waals surface area contributed by atoms with E-state index in [9.17, 15) is 9.18 Å². The summed E-state index contributed by atoms with van der Waals surface area (Å²) in [5.41, 5.74) is 0.662. The number of halogens is 2. The van der Waals surface area contributed by atoms with Crippen LogP contribution < -0.4 is 5.32 Å². The van der Waals surface area contributed by atoms with Crippen molar-refractivity contribution in [2.24, 2.45) is 0 Å². The van der Waals surface area contributed by atoms with Crippen molar-refractivity contribution < 1.29 is 13.7 Å². The molecule has 23 heavy (non-hydrogen) atoms. The first-order chi connectivity index (χ1) is 11.1. The molecule has 0 radical (unpaired) electrons. The molecule has 0 aliphatic carbocycles. The van der Waals surface area contributed by atoms with Crippen LogP contribution in [0.4, 0.5) is 4.39 Å². The van der Waals surface area contributed by atoms with E-state index in [1.165, 1.54) is 18.2 Å². The Morgan fingerprint density at radius 3 is 2.83 bits per heavy atom. The van der Waals surface area contributed by atoms with E-state index in [1.54, 1.807) is 30.3 Å². The summed E-state index contributed by atoms with van der Waals surface area (Å²) in [5, 5.41) is 6.91. The van der Waals surface area contributed by atoms with Gasteiger partial charge in [0.05, 0.1) is 12.1 Å². The van der Waals surface area contributed by atoms with Gasteiger partial charge in [0.15, 0.2) is 0 Å². The molecule has 0 fully saturated rings. The van der Waals surface area contributed by atoms with E-state index in [2.05, 4.69) is 15.5 Å². The number of nitrogens with one attached hydrogen (secondary N) is 1. The Kier molecular flexibility index (Phi) is 4.34. The predicted molar refractivity (Wildman–Crippen MR) is 82.3 cm³/mol. The highest BCUT2D eigenvalue weighted by Gasteiger charge is 2.13. The number of aromatic nitrogens is 2. The van der Waals surface area contributed by atoms with Gasteiger partial charge in [-0.1, -0.05) is 41.0 Å². The smallest absolute Gasteiger partial charge is 0.254 e. The largest absolute Gasteiger partial charge is 0.343 e. The second-order valence-corrected chi connectivity index (χ2v) is 5.12. The van der Waals surface area contributed by atoms with E-state index < -0.39 is 11.7 Å². The molecule has 7 heteroatoms. The minimum absolute atomic E-state index is 0.000728. The van der Waals surface area contributed by atoms with Gasteiger partial charge in [-0.3, -0.25) is 4.79 Å². The number of carbonyl (C=O) groups excluding carboxylic acids is 1. The summed E-state index contributed by atoms with van der Waals surface area (Å²) >= 11 is 5.91. The normalized spacial score (nSPS) is 10.5. The Labute approximate surface area is 136 Å². The molecular formula is C16H11ClFN3O2. The fraction of sp³-hybridized carbons (Fsp3) is 0.0625. The lowest BCUT2D eigenvalue weighted by atomic mass is 10.2. The van der Waals surface area contributed by atoms with Gasteiger partial charge in [0, 0.05) is 10.6 Å². The molecule has 0 bridgehead atoms. The molecule has 0 aliphatic heterocycles. The minimum Gasteiger partial charge on any atom is -0.343 e. The average molecular weight is 332 g/mol. The van der Waals surface area contributed by atoms with Crippen molar-refractivity contribution in [3.8, 4) is 11.4 Å². The SMILES string of the molecule is O=C(NCc1nc(-c2cccc(Cl)c2)no1)c1ccccc1F. The lowest BCUT2D eigenvalue weighted by Crippen LogP contribution is -2.23. The summed E-state index contributed by atoms with van der Waals surface area (Å²) in [4.78, 5) is 16.1. The summed E-state index contributed by atoms with van der Waals surface area (Å²) in [6.07, 6.45) is 0. The number of benzene rings is 2. The van der Waals surface area contributed by atoms with Crippen molar-refractivity contribution in [3.63, 3.8) is 0 Å². The molecule has 0 unspecified atom stereocenters.